The summed E-state index contributed by atoms with van der Waals surface area (Å²) in [7, 11) is 0. The van der Waals surface area contributed by atoms with E-state index in [4.69, 9.17) is 0 Å². The van der Waals surface area contributed by atoms with Gasteiger partial charge >= 0.3 is 0 Å². The largest absolute Gasteiger partial charge is 0.302 e. The first-order valence-corrected chi connectivity index (χ1v) is 6.40. The molecule has 0 radical (unpaired) electrons. The van der Waals surface area contributed by atoms with E-state index in [0.29, 0.717) is 0 Å². The van der Waals surface area contributed by atoms with Crippen LogP contribution in [0.3, 0.4) is 0 Å². The minimum absolute atomic E-state index is 0.773. The van der Waals surface area contributed by atoms with Crippen LogP contribution in [0.4, 0.5) is 0 Å². The van der Waals surface area contributed by atoms with Gasteiger partial charge in [0.05, 0.1) is 0 Å². The molecule has 0 spiro atoms. The molecule has 0 aromatic carbocycles. The van der Waals surface area contributed by atoms with E-state index < -0.39 is 0 Å². The molecular formula is C14H25N. The normalized spacial score (nSPS) is 30.1. The minimum Gasteiger partial charge on any atom is -0.302 e. The van der Waals surface area contributed by atoms with Crippen molar-refractivity contribution < 1.29 is 0 Å². The molecule has 0 amide bonds. The SMILES string of the molecule is CC.CC1CCN(CC2C=CC=CC2)C1. The lowest BCUT2D eigenvalue weighted by molar-refractivity contribution is 0.294. The highest BCUT2D eigenvalue weighted by atomic mass is 15.1. The molecule has 0 aromatic heterocycles. The highest BCUT2D eigenvalue weighted by Gasteiger charge is 2.20. The maximum Gasteiger partial charge on any atom is 0.00475 e. The predicted octanol–water partition coefficient (Wildman–Crippen LogP) is 3.49. The molecule has 0 N–H and O–H groups in total. The number of hydrogen-bond acceptors (Lipinski definition) is 1. The molecule has 1 nitrogen and oxygen atoms in total. The molecule has 1 heteroatoms. The number of nitrogens with zero attached hydrogens (tertiary/aromatic N) is 1. The van der Waals surface area contributed by atoms with Gasteiger partial charge in [-0.3, -0.25) is 0 Å². The zero-order valence-corrected chi connectivity index (χ0v) is 10.4. The first-order chi connectivity index (χ1) is 7.34. The molecule has 1 saturated heterocycles. The van der Waals surface area contributed by atoms with Crippen LogP contribution in [-0.2, 0) is 0 Å². The fraction of sp³-hybridized carbons (Fsp3) is 0.714. The van der Waals surface area contributed by atoms with Gasteiger partial charge in [-0.1, -0.05) is 45.1 Å². The van der Waals surface area contributed by atoms with Gasteiger partial charge in [-0.25, -0.2) is 0 Å². The van der Waals surface area contributed by atoms with Crippen molar-refractivity contribution in [3.05, 3.63) is 24.3 Å². The lowest BCUT2D eigenvalue weighted by Gasteiger charge is -2.21. The van der Waals surface area contributed by atoms with Crippen LogP contribution < -0.4 is 0 Å². The highest BCUT2D eigenvalue weighted by molar-refractivity contribution is 5.11. The maximum absolute atomic E-state index is 2.61. The van der Waals surface area contributed by atoms with Gasteiger partial charge in [-0.15, -0.1) is 0 Å². The lowest BCUT2D eigenvalue weighted by atomic mass is 10.0. The number of rotatable bonds is 2. The summed E-state index contributed by atoms with van der Waals surface area (Å²) in [5.41, 5.74) is 0. The van der Waals surface area contributed by atoms with Gasteiger partial charge in [0.1, 0.15) is 0 Å². The van der Waals surface area contributed by atoms with Gasteiger partial charge in [-0.05, 0) is 31.2 Å². The summed E-state index contributed by atoms with van der Waals surface area (Å²) in [4.78, 5) is 2.61. The van der Waals surface area contributed by atoms with Crippen LogP contribution in [0.25, 0.3) is 0 Å². The summed E-state index contributed by atoms with van der Waals surface area (Å²) in [5.74, 6) is 1.69. The summed E-state index contributed by atoms with van der Waals surface area (Å²) in [5, 5.41) is 0. The minimum atomic E-state index is 0.773. The molecule has 2 aliphatic rings. The smallest absolute Gasteiger partial charge is 0.00475 e. The molecule has 2 atom stereocenters. The Morgan fingerprint density at radius 3 is 2.60 bits per heavy atom. The Labute approximate surface area is 94.9 Å². The van der Waals surface area contributed by atoms with Crippen molar-refractivity contribution in [1.29, 1.82) is 0 Å². The molecule has 1 aliphatic heterocycles. The molecule has 2 unspecified atom stereocenters. The van der Waals surface area contributed by atoms with E-state index in [-0.39, 0.29) is 0 Å². The van der Waals surface area contributed by atoms with E-state index in [1.807, 2.05) is 13.8 Å². The summed E-state index contributed by atoms with van der Waals surface area (Å²) >= 11 is 0. The Morgan fingerprint density at radius 1 is 1.27 bits per heavy atom. The molecule has 1 heterocycles. The van der Waals surface area contributed by atoms with Gasteiger partial charge in [0.2, 0.25) is 0 Å². The first kappa shape index (κ1) is 12.5. The van der Waals surface area contributed by atoms with Crippen molar-refractivity contribution in [2.24, 2.45) is 11.8 Å². The van der Waals surface area contributed by atoms with Crippen LogP contribution in [0.5, 0.6) is 0 Å². The molecular weight excluding hydrogens is 182 g/mol. The van der Waals surface area contributed by atoms with Crippen LogP contribution in [0.15, 0.2) is 24.3 Å². The third-order valence-electron chi connectivity index (χ3n) is 3.07. The van der Waals surface area contributed by atoms with Gasteiger partial charge in [0, 0.05) is 13.1 Å². The van der Waals surface area contributed by atoms with Crippen LogP contribution in [0, 0.1) is 11.8 Å². The van der Waals surface area contributed by atoms with Gasteiger partial charge < -0.3 is 4.90 Å². The number of hydrogen-bond donors (Lipinski definition) is 0. The topological polar surface area (TPSA) is 3.24 Å². The quantitative estimate of drug-likeness (QED) is 0.670. The molecule has 0 bridgehead atoms. The van der Waals surface area contributed by atoms with Crippen molar-refractivity contribution in [2.75, 3.05) is 19.6 Å². The van der Waals surface area contributed by atoms with Crippen LogP contribution in [0.2, 0.25) is 0 Å². The van der Waals surface area contributed by atoms with E-state index >= 15 is 0 Å². The Bertz CT molecular complexity index is 217. The van der Waals surface area contributed by atoms with Crippen LogP contribution in [0.1, 0.15) is 33.6 Å². The second-order valence-corrected chi connectivity index (χ2v) is 4.46. The summed E-state index contributed by atoms with van der Waals surface area (Å²) in [6, 6.07) is 0. The van der Waals surface area contributed by atoms with E-state index in [0.717, 1.165) is 11.8 Å². The average molecular weight is 207 g/mol. The lowest BCUT2D eigenvalue weighted by Crippen LogP contribution is -2.26. The molecule has 15 heavy (non-hydrogen) atoms. The van der Waals surface area contributed by atoms with Gasteiger partial charge in [0.25, 0.3) is 0 Å². The summed E-state index contributed by atoms with van der Waals surface area (Å²) in [6.45, 7) is 10.3. The first-order valence-electron chi connectivity index (χ1n) is 6.40. The fourth-order valence-corrected chi connectivity index (χ4v) is 2.29. The van der Waals surface area contributed by atoms with Gasteiger partial charge in [0.15, 0.2) is 0 Å². The van der Waals surface area contributed by atoms with Crippen molar-refractivity contribution in [3.8, 4) is 0 Å². The maximum atomic E-state index is 2.61. The Balaban J connectivity index is 0.000000531. The monoisotopic (exact) mass is 207 g/mol. The van der Waals surface area contributed by atoms with Crippen LogP contribution >= 0.6 is 0 Å². The highest BCUT2D eigenvalue weighted by Crippen LogP contribution is 2.19. The van der Waals surface area contributed by atoms with E-state index in [1.165, 1.54) is 32.5 Å². The number of likely N-dealkylation sites (tertiary alicyclic amines) is 1. The van der Waals surface area contributed by atoms with Crippen molar-refractivity contribution in [3.63, 3.8) is 0 Å². The number of allylic oxidation sites excluding steroid dienone is 3. The second kappa shape index (κ2) is 6.84. The summed E-state index contributed by atoms with van der Waals surface area (Å²) in [6.07, 6.45) is 11.6. The van der Waals surface area contributed by atoms with Crippen molar-refractivity contribution >= 4 is 0 Å². The zero-order valence-electron chi connectivity index (χ0n) is 10.4. The molecule has 1 fully saturated rings. The molecule has 86 valence electrons. The standard InChI is InChI=1S/C12H19N.C2H6/c1-11-7-8-13(9-11)10-12-5-3-2-4-6-12;1-2/h2-5,11-12H,6-10H2,1H3;1-2H3. The second-order valence-electron chi connectivity index (χ2n) is 4.46. The summed E-state index contributed by atoms with van der Waals surface area (Å²) < 4.78 is 0. The van der Waals surface area contributed by atoms with Gasteiger partial charge in [-0.2, -0.15) is 0 Å². The van der Waals surface area contributed by atoms with Crippen molar-refractivity contribution in [1.82, 2.24) is 4.90 Å². The molecule has 2 rings (SSSR count). The Kier molecular flexibility index (Phi) is 5.70. The third-order valence-corrected chi connectivity index (χ3v) is 3.07. The molecule has 1 aliphatic carbocycles. The Hall–Kier alpha value is -0.560. The fourth-order valence-electron chi connectivity index (χ4n) is 2.29. The van der Waals surface area contributed by atoms with E-state index in [1.54, 1.807) is 0 Å². The molecule has 0 aromatic rings. The average Bonchev–Trinajstić information content (AvgIpc) is 2.68. The van der Waals surface area contributed by atoms with E-state index in [2.05, 4.69) is 36.1 Å². The predicted molar refractivity (Wildman–Crippen MR) is 68.0 cm³/mol. The van der Waals surface area contributed by atoms with Crippen LogP contribution in [-0.4, -0.2) is 24.5 Å². The van der Waals surface area contributed by atoms with E-state index in [9.17, 15) is 0 Å². The third kappa shape index (κ3) is 4.21. The zero-order chi connectivity index (χ0) is 11.1. The molecule has 0 saturated carbocycles. The Morgan fingerprint density at radius 2 is 2.07 bits per heavy atom. The van der Waals surface area contributed by atoms with Crippen molar-refractivity contribution in [2.45, 2.75) is 33.6 Å².